The molecule has 5 heteroatoms. The third-order valence-electron chi connectivity index (χ3n) is 3.92. The average Bonchev–Trinajstić information content (AvgIpc) is 2.89. The number of aliphatic hydroxyl groups excluding tert-OH is 1. The van der Waals surface area contributed by atoms with Crippen molar-refractivity contribution in [3.8, 4) is 0 Å². The van der Waals surface area contributed by atoms with E-state index in [-0.39, 0.29) is 12.0 Å². The molecule has 118 valence electrons. The van der Waals surface area contributed by atoms with Gasteiger partial charge in [0.1, 0.15) is 11.5 Å². The van der Waals surface area contributed by atoms with Crippen molar-refractivity contribution in [2.24, 2.45) is 0 Å². The zero-order valence-electron chi connectivity index (χ0n) is 12.8. The van der Waals surface area contributed by atoms with Gasteiger partial charge in [0.05, 0.1) is 6.10 Å². The van der Waals surface area contributed by atoms with Crippen molar-refractivity contribution in [3.63, 3.8) is 0 Å². The van der Waals surface area contributed by atoms with Gasteiger partial charge in [-0.15, -0.1) is 0 Å². The Balaban J connectivity index is 1.51. The Bertz CT molecular complexity index is 436. The van der Waals surface area contributed by atoms with Gasteiger partial charge in [0.2, 0.25) is 5.91 Å². The summed E-state index contributed by atoms with van der Waals surface area (Å²) in [4.78, 5) is 14.1. The van der Waals surface area contributed by atoms with Gasteiger partial charge < -0.3 is 19.7 Å². The predicted molar refractivity (Wildman–Crippen MR) is 81.1 cm³/mol. The molecule has 0 saturated carbocycles. The Labute approximate surface area is 126 Å². The van der Waals surface area contributed by atoms with Crippen LogP contribution in [-0.4, -0.2) is 48.2 Å². The predicted octanol–water partition coefficient (Wildman–Crippen LogP) is 1.48. The summed E-state index contributed by atoms with van der Waals surface area (Å²) in [7, 11) is 0. The molecule has 1 aliphatic heterocycles. The van der Waals surface area contributed by atoms with Crippen LogP contribution in [0.3, 0.4) is 0 Å². The van der Waals surface area contributed by atoms with E-state index in [1.54, 1.807) is 0 Å². The number of aliphatic hydroxyl groups is 1. The summed E-state index contributed by atoms with van der Waals surface area (Å²) in [5, 5.41) is 12.4. The summed E-state index contributed by atoms with van der Waals surface area (Å²) in [6.45, 7) is 5.54. The molecule has 0 aliphatic carbocycles. The van der Waals surface area contributed by atoms with Gasteiger partial charge in [-0.2, -0.15) is 0 Å². The second-order valence-electron chi connectivity index (χ2n) is 5.79. The molecule has 1 aromatic heterocycles. The number of furan rings is 1. The van der Waals surface area contributed by atoms with Crippen LogP contribution in [0.15, 0.2) is 16.5 Å². The number of hydrogen-bond donors (Lipinski definition) is 2. The molecular weight excluding hydrogens is 268 g/mol. The average molecular weight is 294 g/mol. The number of hydrogen-bond acceptors (Lipinski definition) is 4. The van der Waals surface area contributed by atoms with E-state index in [1.165, 1.54) is 0 Å². The van der Waals surface area contributed by atoms with Crippen LogP contribution in [0.5, 0.6) is 0 Å². The fourth-order valence-corrected chi connectivity index (χ4v) is 2.62. The van der Waals surface area contributed by atoms with Crippen molar-refractivity contribution in [3.05, 3.63) is 23.7 Å². The maximum atomic E-state index is 11.7. The fourth-order valence-electron chi connectivity index (χ4n) is 2.62. The minimum atomic E-state index is -0.119. The lowest BCUT2D eigenvalue weighted by molar-refractivity contribution is -0.121. The summed E-state index contributed by atoms with van der Waals surface area (Å²) in [5.41, 5.74) is 0. The number of nitrogens with zero attached hydrogens (tertiary/aromatic N) is 1. The Morgan fingerprint density at radius 3 is 2.86 bits per heavy atom. The number of carbonyl (C=O) groups excluding carboxylic acids is 1. The van der Waals surface area contributed by atoms with Crippen molar-refractivity contribution in [2.45, 2.75) is 45.1 Å². The first-order valence-electron chi connectivity index (χ1n) is 7.86. The van der Waals surface area contributed by atoms with Crippen molar-refractivity contribution >= 4 is 5.91 Å². The van der Waals surface area contributed by atoms with Crippen LogP contribution in [0.25, 0.3) is 0 Å². The molecule has 1 amide bonds. The van der Waals surface area contributed by atoms with Gasteiger partial charge in [-0.1, -0.05) is 0 Å². The van der Waals surface area contributed by atoms with E-state index in [0.29, 0.717) is 12.8 Å². The third-order valence-corrected chi connectivity index (χ3v) is 3.92. The maximum absolute atomic E-state index is 11.7. The number of piperidine rings is 1. The fraction of sp³-hybridized carbons (Fsp3) is 0.688. The van der Waals surface area contributed by atoms with Crippen LogP contribution in [0, 0.1) is 6.92 Å². The molecule has 5 nitrogen and oxygen atoms in total. The van der Waals surface area contributed by atoms with E-state index in [4.69, 9.17) is 4.42 Å². The van der Waals surface area contributed by atoms with E-state index < -0.39 is 0 Å². The normalized spacial score (nSPS) is 17.0. The third kappa shape index (κ3) is 5.89. The van der Waals surface area contributed by atoms with E-state index in [1.807, 2.05) is 19.1 Å². The highest BCUT2D eigenvalue weighted by atomic mass is 16.3. The molecule has 0 bridgehead atoms. The number of rotatable bonds is 7. The van der Waals surface area contributed by atoms with Crippen LogP contribution in [0.2, 0.25) is 0 Å². The Hall–Kier alpha value is -1.33. The summed E-state index contributed by atoms with van der Waals surface area (Å²) < 4.78 is 5.44. The molecule has 1 aliphatic rings. The lowest BCUT2D eigenvalue weighted by Crippen LogP contribution is -2.37. The summed E-state index contributed by atoms with van der Waals surface area (Å²) >= 11 is 0. The Morgan fingerprint density at radius 1 is 1.43 bits per heavy atom. The van der Waals surface area contributed by atoms with Gasteiger partial charge in [0.15, 0.2) is 0 Å². The molecule has 2 heterocycles. The minimum absolute atomic E-state index is 0.0816. The second-order valence-corrected chi connectivity index (χ2v) is 5.79. The van der Waals surface area contributed by atoms with Crippen molar-refractivity contribution in [1.82, 2.24) is 10.2 Å². The molecule has 2 rings (SSSR count). The molecule has 0 aromatic carbocycles. The summed E-state index contributed by atoms with van der Waals surface area (Å²) in [6, 6.07) is 3.84. The molecule has 1 aromatic rings. The number of nitrogens with one attached hydrogen (secondary N) is 1. The molecule has 0 spiro atoms. The lowest BCUT2D eigenvalue weighted by atomic mass is 10.1. The minimum Gasteiger partial charge on any atom is -0.466 e. The first-order valence-corrected chi connectivity index (χ1v) is 7.86. The summed E-state index contributed by atoms with van der Waals surface area (Å²) in [6.07, 6.45) is 3.71. The largest absolute Gasteiger partial charge is 0.466 e. The Morgan fingerprint density at radius 2 is 2.19 bits per heavy atom. The summed E-state index contributed by atoms with van der Waals surface area (Å²) in [5.74, 6) is 1.84. The zero-order valence-corrected chi connectivity index (χ0v) is 12.8. The highest BCUT2D eigenvalue weighted by Crippen LogP contribution is 2.10. The molecule has 1 saturated heterocycles. The van der Waals surface area contributed by atoms with Crippen LogP contribution in [-0.2, 0) is 11.2 Å². The lowest BCUT2D eigenvalue weighted by Gasteiger charge is -2.29. The molecule has 21 heavy (non-hydrogen) atoms. The van der Waals surface area contributed by atoms with Crippen LogP contribution in [0.4, 0.5) is 0 Å². The maximum Gasteiger partial charge on any atom is 0.220 e. The van der Waals surface area contributed by atoms with E-state index in [0.717, 1.165) is 57.0 Å². The molecule has 0 atom stereocenters. The smallest absolute Gasteiger partial charge is 0.220 e. The number of amides is 1. The highest BCUT2D eigenvalue weighted by molar-refractivity contribution is 5.76. The van der Waals surface area contributed by atoms with Crippen LogP contribution >= 0.6 is 0 Å². The van der Waals surface area contributed by atoms with Gasteiger partial charge in [-0.25, -0.2) is 0 Å². The van der Waals surface area contributed by atoms with Crippen LogP contribution in [0.1, 0.15) is 37.2 Å². The molecule has 0 unspecified atom stereocenters. The highest BCUT2D eigenvalue weighted by Gasteiger charge is 2.16. The zero-order chi connectivity index (χ0) is 15.1. The van der Waals surface area contributed by atoms with E-state index in [2.05, 4.69) is 10.2 Å². The van der Waals surface area contributed by atoms with Crippen molar-refractivity contribution < 1.29 is 14.3 Å². The molecular formula is C16H26N2O3. The first-order chi connectivity index (χ1) is 10.1. The molecule has 0 radical (unpaired) electrons. The number of aryl methyl sites for hydroxylation is 2. The van der Waals surface area contributed by atoms with Crippen molar-refractivity contribution in [2.75, 3.05) is 26.2 Å². The molecule has 2 N–H and O–H groups in total. The van der Waals surface area contributed by atoms with Gasteiger partial charge in [-0.3, -0.25) is 4.79 Å². The monoisotopic (exact) mass is 294 g/mol. The Kier molecular flexibility index (Phi) is 6.26. The molecule has 1 fully saturated rings. The van der Waals surface area contributed by atoms with Gasteiger partial charge in [0, 0.05) is 32.5 Å². The number of carbonyl (C=O) groups is 1. The quantitative estimate of drug-likeness (QED) is 0.748. The standard InChI is InChI=1S/C16H26N2O3/c1-13-3-4-15(21-13)5-6-16(20)17-9-2-10-18-11-7-14(19)8-12-18/h3-4,14,19H,2,5-12H2,1H3,(H,17,20). The SMILES string of the molecule is Cc1ccc(CCC(=O)NCCCN2CCC(O)CC2)o1. The van der Waals surface area contributed by atoms with Crippen LogP contribution < -0.4 is 5.32 Å². The van der Waals surface area contributed by atoms with Gasteiger partial charge in [-0.05, 0) is 44.9 Å². The topological polar surface area (TPSA) is 65.7 Å². The van der Waals surface area contributed by atoms with E-state index in [9.17, 15) is 9.90 Å². The van der Waals surface area contributed by atoms with Gasteiger partial charge in [0.25, 0.3) is 0 Å². The van der Waals surface area contributed by atoms with Crippen molar-refractivity contribution in [1.29, 1.82) is 0 Å². The van der Waals surface area contributed by atoms with Gasteiger partial charge >= 0.3 is 0 Å². The first kappa shape index (κ1) is 16.0. The number of likely N-dealkylation sites (tertiary alicyclic amines) is 1. The van der Waals surface area contributed by atoms with E-state index >= 15 is 0 Å². The second kappa shape index (κ2) is 8.20.